The van der Waals surface area contributed by atoms with Crippen LogP contribution < -0.4 is 5.32 Å². The maximum Gasteiger partial charge on any atom is 0.123 e. The van der Waals surface area contributed by atoms with Crippen LogP contribution in [0.15, 0.2) is 40.8 Å². The molecule has 0 fully saturated rings. The van der Waals surface area contributed by atoms with E-state index >= 15 is 0 Å². The van der Waals surface area contributed by atoms with Crippen molar-refractivity contribution in [1.82, 2.24) is 5.32 Å². The third-order valence-electron chi connectivity index (χ3n) is 2.96. The Morgan fingerprint density at radius 3 is 2.53 bits per heavy atom. The molecule has 102 valence electrons. The Labute approximate surface area is 117 Å². The summed E-state index contributed by atoms with van der Waals surface area (Å²) in [6.07, 6.45) is 2.05. The second kappa shape index (κ2) is 6.78. The standard InChI is InChI=1S/C15H18FNOS/c1-11(12-3-5-13(16)6-4-12)17-9-14-7-8-15(18-14)10-19-2/h3-8,11,17H,9-10H2,1-2H3. The van der Waals surface area contributed by atoms with Gasteiger partial charge in [-0.25, -0.2) is 4.39 Å². The average Bonchev–Trinajstić information content (AvgIpc) is 2.85. The number of hydrogen-bond acceptors (Lipinski definition) is 3. The maximum atomic E-state index is 12.8. The Bertz CT molecular complexity index is 509. The number of hydrogen-bond donors (Lipinski definition) is 1. The molecule has 2 nitrogen and oxygen atoms in total. The van der Waals surface area contributed by atoms with Gasteiger partial charge in [-0.15, -0.1) is 0 Å². The van der Waals surface area contributed by atoms with Gasteiger partial charge in [0.25, 0.3) is 0 Å². The zero-order valence-corrected chi connectivity index (χ0v) is 12.0. The van der Waals surface area contributed by atoms with Crippen molar-refractivity contribution in [3.05, 3.63) is 59.3 Å². The van der Waals surface area contributed by atoms with Gasteiger partial charge in [-0.2, -0.15) is 11.8 Å². The fourth-order valence-electron chi connectivity index (χ4n) is 1.86. The number of benzene rings is 1. The summed E-state index contributed by atoms with van der Waals surface area (Å²) in [5.41, 5.74) is 1.07. The van der Waals surface area contributed by atoms with Crippen LogP contribution in [0.2, 0.25) is 0 Å². The van der Waals surface area contributed by atoms with Gasteiger partial charge in [-0.05, 0) is 43.0 Å². The monoisotopic (exact) mass is 279 g/mol. The summed E-state index contributed by atoms with van der Waals surface area (Å²) >= 11 is 1.74. The fourth-order valence-corrected chi connectivity index (χ4v) is 2.30. The molecule has 0 amide bonds. The molecule has 0 radical (unpaired) electrons. The molecule has 4 heteroatoms. The molecular formula is C15H18FNOS. The first-order chi connectivity index (χ1) is 9.19. The minimum absolute atomic E-state index is 0.162. The highest BCUT2D eigenvalue weighted by atomic mass is 32.2. The Hall–Kier alpha value is -1.26. The second-order valence-corrected chi connectivity index (χ2v) is 5.32. The Kier molecular flexibility index (Phi) is 5.05. The van der Waals surface area contributed by atoms with Crippen LogP contribution in [-0.2, 0) is 12.3 Å². The third kappa shape index (κ3) is 4.11. The average molecular weight is 279 g/mol. The lowest BCUT2D eigenvalue weighted by Gasteiger charge is -2.13. The lowest BCUT2D eigenvalue weighted by atomic mass is 10.1. The van der Waals surface area contributed by atoms with Crippen molar-refractivity contribution < 1.29 is 8.81 Å². The molecule has 0 bridgehead atoms. The van der Waals surface area contributed by atoms with E-state index < -0.39 is 0 Å². The summed E-state index contributed by atoms with van der Waals surface area (Å²) in [5, 5.41) is 3.37. The largest absolute Gasteiger partial charge is 0.464 e. The van der Waals surface area contributed by atoms with Crippen LogP contribution in [0.5, 0.6) is 0 Å². The predicted octanol–water partition coefficient (Wildman–Crippen LogP) is 4.13. The fraction of sp³-hybridized carbons (Fsp3) is 0.333. The molecule has 2 rings (SSSR count). The number of thioether (sulfide) groups is 1. The molecule has 0 aliphatic heterocycles. The van der Waals surface area contributed by atoms with Gasteiger partial charge in [0, 0.05) is 6.04 Å². The normalized spacial score (nSPS) is 12.6. The minimum atomic E-state index is -0.205. The second-order valence-electron chi connectivity index (χ2n) is 4.46. The van der Waals surface area contributed by atoms with Crippen molar-refractivity contribution in [2.45, 2.75) is 25.3 Å². The summed E-state index contributed by atoms with van der Waals surface area (Å²) in [4.78, 5) is 0. The number of nitrogens with one attached hydrogen (secondary N) is 1. The lowest BCUT2D eigenvalue weighted by molar-refractivity contribution is 0.442. The highest BCUT2D eigenvalue weighted by Gasteiger charge is 2.07. The van der Waals surface area contributed by atoms with E-state index in [1.54, 1.807) is 23.9 Å². The molecule has 1 N–H and O–H groups in total. The zero-order valence-electron chi connectivity index (χ0n) is 11.2. The van der Waals surface area contributed by atoms with Gasteiger partial charge in [0.1, 0.15) is 17.3 Å². The summed E-state index contributed by atoms with van der Waals surface area (Å²) in [7, 11) is 0. The number of halogens is 1. The first kappa shape index (κ1) is 14.2. The van der Waals surface area contributed by atoms with Crippen molar-refractivity contribution in [2.75, 3.05) is 6.26 Å². The molecule has 1 unspecified atom stereocenters. The summed E-state index contributed by atoms with van der Waals surface area (Å²) in [5.74, 6) is 2.62. The zero-order chi connectivity index (χ0) is 13.7. The molecule has 1 heterocycles. The Morgan fingerprint density at radius 2 is 1.84 bits per heavy atom. The van der Waals surface area contributed by atoms with E-state index in [9.17, 15) is 4.39 Å². The van der Waals surface area contributed by atoms with Gasteiger partial charge in [-0.1, -0.05) is 12.1 Å². The molecule has 1 aromatic carbocycles. The van der Waals surface area contributed by atoms with Crippen LogP contribution in [0.3, 0.4) is 0 Å². The number of rotatable bonds is 6. The highest BCUT2D eigenvalue weighted by Crippen LogP contribution is 2.16. The van der Waals surface area contributed by atoms with Crippen LogP contribution in [-0.4, -0.2) is 6.26 Å². The van der Waals surface area contributed by atoms with Crippen LogP contribution in [0.4, 0.5) is 4.39 Å². The molecule has 19 heavy (non-hydrogen) atoms. The molecule has 0 spiro atoms. The van der Waals surface area contributed by atoms with Crippen molar-refractivity contribution in [3.8, 4) is 0 Å². The predicted molar refractivity (Wildman–Crippen MR) is 77.6 cm³/mol. The van der Waals surface area contributed by atoms with Crippen molar-refractivity contribution >= 4 is 11.8 Å². The smallest absolute Gasteiger partial charge is 0.123 e. The van der Waals surface area contributed by atoms with Gasteiger partial charge in [-0.3, -0.25) is 0 Å². The minimum Gasteiger partial charge on any atom is -0.464 e. The van der Waals surface area contributed by atoms with E-state index in [0.717, 1.165) is 22.8 Å². The van der Waals surface area contributed by atoms with Crippen LogP contribution in [0.1, 0.15) is 30.0 Å². The summed E-state index contributed by atoms with van der Waals surface area (Å²) in [6.45, 7) is 2.73. The van der Waals surface area contributed by atoms with E-state index in [0.29, 0.717) is 6.54 Å². The van der Waals surface area contributed by atoms with Crippen LogP contribution >= 0.6 is 11.8 Å². The van der Waals surface area contributed by atoms with Crippen LogP contribution in [0.25, 0.3) is 0 Å². The number of furan rings is 1. The molecule has 0 aliphatic carbocycles. The maximum absolute atomic E-state index is 12.8. The van der Waals surface area contributed by atoms with Crippen molar-refractivity contribution in [1.29, 1.82) is 0 Å². The lowest BCUT2D eigenvalue weighted by Crippen LogP contribution is -2.17. The topological polar surface area (TPSA) is 25.2 Å². The SMILES string of the molecule is CSCc1ccc(CNC(C)c2ccc(F)cc2)o1. The Balaban J connectivity index is 1.88. The first-order valence-electron chi connectivity index (χ1n) is 6.24. The van der Waals surface area contributed by atoms with Gasteiger partial charge < -0.3 is 9.73 Å². The molecular weight excluding hydrogens is 261 g/mol. The Morgan fingerprint density at radius 1 is 1.16 bits per heavy atom. The first-order valence-corrected chi connectivity index (χ1v) is 7.64. The summed E-state index contributed by atoms with van der Waals surface area (Å²) < 4.78 is 18.5. The van der Waals surface area contributed by atoms with Gasteiger partial charge in [0.15, 0.2) is 0 Å². The van der Waals surface area contributed by atoms with Gasteiger partial charge >= 0.3 is 0 Å². The summed E-state index contributed by atoms with van der Waals surface area (Å²) in [6, 6.07) is 10.7. The van der Waals surface area contributed by atoms with Crippen molar-refractivity contribution in [3.63, 3.8) is 0 Å². The van der Waals surface area contributed by atoms with E-state index in [1.165, 1.54) is 12.1 Å². The van der Waals surface area contributed by atoms with Gasteiger partial charge in [0.2, 0.25) is 0 Å². The molecule has 1 atom stereocenters. The van der Waals surface area contributed by atoms with Gasteiger partial charge in [0.05, 0.1) is 12.3 Å². The highest BCUT2D eigenvalue weighted by molar-refractivity contribution is 7.97. The molecule has 0 saturated heterocycles. The van der Waals surface area contributed by atoms with Crippen molar-refractivity contribution in [2.24, 2.45) is 0 Å². The molecule has 1 aromatic heterocycles. The molecule has 0 aliphatic rings. The van der Waals surface area contributed by atoms with Crippen LogP contribution in [0, 0.1) is 5.82 Å². The van der Waals surface area contributed by atoms with E-state index in [-0.39, 0.29) is 11.9 Å². The van der Waals surface area contributed by atoms with E-state index in [2.05, 4.69) is 18.5 Å². The van der Waals surface area contributed by atoms with E-state index in [1.807, 2.05) is 12.1 Å². The quantitative estimate of drug-likeness (QED) is 0.860. The van der Waals surface area contributed by atoms with E-state index in [4.69, 9.17) is 4.42 Å². The third-order valence-corrected chi connectivity index (χ3v) is 3.53. The molecule has 2 aromatic rings. The molecule has 0 saturated carbocycles.